The Labute approximate surface area is 362 Å². The first kappa shape index (κ1) is 52.2. The predicted molar refractivity (Wildman–Crippen MR) is 192 cm³/mol. The van der Waals surface area contributed by atoms with Crippen LogP contribution in [0.5, 0.6) is 0 Å². The van der Waals surface area contributed by atoms with Crippen LogP contribution in [0.3, 0.4) is 0 Å². The smallest absolute Gasteiger partial charge is 0.187 e. The molecule has 64 heavy (non-hydrogen) atoms. The Bertz CT molecular complexity index is 1440. The molecule has 29 heteroatoms. The highest BCUT2D eigenvalue weighted by Gasteiger charge is 2.58. The molecule has 0 spiro atoms. The summed E-state index contributed by atoms with van der Waals surface area (Å²) in [7, 11) is 0. The molecular weight excluding hydrogens is 884 g/mol. The van der Waals surface area contributed by atoms with Crippen LogP contribution in [-0.2, 0) is 52.1 Å². The van der Waals surface area contributed by atoms with E-state index < -0.39 is 211 Å². The van der Waals surface area contributed by atoms with Crippen LogP contribution in [0.4, 0.5) is 0 Å². The first-order chi connectivity index (χ1) is 30.3. The first-order valence-corrected chi connectivity index (χ1v) is 20.4. The summed E-state index contributed by atoms with van der Waals surface area (Å²) >= 11 is 0. The molecule has 0 aromatic carbocycles. The molecule has 0 aromatic heterocycles. The molecule has 0 aromatic rings. The Morgan fingerprint density at radius 3 is 1.38 bits per heavy atom. The second kappa shape index (κ2) is 22.1. The average Bonchev–Trinajstić information content (AvgIpc) is 3.28. The molecule has 6 fully saturated rings. The zero-order valence-corrected chi connectivity index (χ0v) is 33.8. The number of rotatable bonds is 14. The highest BCUT2D eigenvalue weighted by Crippen LogP contribution is 2.38. The van der Waals surface area contributed by atoms with Crippen molar-refractivity contribution in [3.05, 3.63) is 0 Å². The fourth-order valence-corrected chi connectivity index (χ4v) is 8.14. The van der Waals surface area contributed by atoms with E-state index in [1.165, 1.54) is 6.92 Å². The van der Waals surface area contributed by atoms with Crippen LogP contribution in [0.25, 0.3) is 0 Å². The van der Waals surface area contributed by atoms with Gasteiger partial charge in [0, 0.05) is 0 Å². The van der Waals surface area contributed by atoms with Gasteiger partial charge in [0.2, 0.25) is 0 Å². The van der Waals surface area contributed by atoms with Crippen molar-refractivity contribution < 1.29 is 144 Å². The van der Waals surface area contributed by atoms with Crippen molar-refractivity contribution in [2.24, 2.45) is 0 Å². The SMILES string of the molecule is C[C@@H]1O[C@@H](O[C@H]2[C@H](O)[C@@H](O)[C@H](O[C@H]3[C@H](O[C@@H]4[C@H](O)[C@@H](O)[C@H](O)O[C@@H]4CO)O[C@H](CO)[C@@H](O)[C@@H]3O[C@@H]3O[C@H](CO)[C@@H](O)[C@H](O[C@@H]4OC[C@@H](O)[C@H](O)[C@H]4O)[C@H]3O)O[C@@H]2CO)[C@H](O)[C@H](O)[C@H]1O. The van der Waals surface area contributed by atoms with E-state index in [9.17, 15) is 91.9 Å². The second-order valence-electron chi connectivity index (χ2n) is 16.3. The zero-order valence-electron chi connectivity index (χ0n) is 33.8. The van der Waals surface area contributed by atoms with Crippen LogP contribution in [0, 0.1) is 0 Å². The molecule has 0 unspecified atom stereocenters. The van der Waals surface area contributed by atoms with Crippen molar-refractivity contribution in [2.75, 3.05) is 33.0 Å². The second-order valence-corrected chi connectivity index (χ2v) is 16.3. The molecule has 6 heterocycles. The molecule has 29 nitrogen and oxygen atoms in total. The third-order valence-corrected chi connectivity index (χ3v) is 12.0. The lowest BCUT2D eigenvalue weighted by atomic mass is 9.95. The van der Waals surface area contributed by atoms with Crippen LogP contribution in [0.2, 0.25) is 0 Å². The predicted octanol–water partition coefficient (Wildman–Crippen LogP) is -12.4. The van der Waals surface area contributed by atoms with Crippen LogP contribution in [-0.4, -0.2) is 303 Å². The summed E-state index contributed by atoms with van der Waals surface area (Å²) in [5.74, 6) is 0. The summed E-state index contributed by atoms with van der Waals surface area (Å²) in [6.45, 7) is -3.25. The molecule has 6 rings (SSSR count). The van der Waals surface area contributed by atoms with Gasteiger partial charge in [-0.1, -0.05) is 0 Å². The van der Waals surface area contributed by atoms with Crippen molar-refractivity contribution in [2.45, 2.75) is 185 Å². The van der Waals surface area contributed by atoms with Gasteiger partial charge >= 0.3 is 0 Å². The van der Waals surface area contributed by atoms with Crippen molar-refractivity contribution in [3.63, 3.8) is 0 Å². The summed E-state index contributed by atoms with van der Waals surface area (Å²) < 4.78 is 62.1. The molecule has 29 atom stereocenters. The van der Waals surface area contributed by atoms with E-state index in [0.29, 0.717) is 0 Å². The third kappa shape index (κ3) is 10.5. The number of hydrogen-bond donors (Lipinski definition) is 18. The quantitative estimate of drug-likeness (QED) is 0.0769. The van der Waals surface area contributed by atoms with E-state index in [4.69, 9.17) is 52.1 Å². The number of aliphatic hydroxyl groups excluding tert-OH is 18. The molecule has 374 valence electrons. The molecule has 0 radical (unpaired) electrons. The third-order valence-electron chi connectivity index (χ3n) is 12.0. The molecule has 6 aliphatic heterocycles. The number of aliphatic hydroxyl groups is 18. The normalized spacial score (nSPS) is 54.1. The molecule has 0 bridgehead atoms. The van der Waals surface area contributed by atoms with Gasteiger partial charge in [-0.3, -0.25) is 0 Å². The van der Waals surface area contributed by atoms with E-state index in [0.717, 1.165) is 0 Å². The fourth-order valence-electron chi connectivity index (χ4n) is 8.14. The van der Waals surface area contributed by atoms with Crippen LogP contribution in [0.1, 0.15) is 6.92 Å². The lowest BCUT2D eigenvalue weighted by Gasteiger charge is -2.51. The van der Waals surface area contributed by atoms with Gasteiger partial charge in [-0.2, -0.15) is 0 Å². The zero-order chi connectivity index (χ0) is 47.1. The molecule has 6 aliphatic rings. The van der Waals surface area contributed by atoms with Gasteiger partial charge in [-0.05, 0) is 6.92 Å². The molecule has 0 aliphatic carbocycles. The van der Waals surface area contributed by atoms with Crippen LogP contribution >= 0.6 is 0 Å². The molecule has 18 N–H and O–H groups in total. The Morgan fingerprint density at radius 2 is 0.766 bits per heavy atom. The van der Waals surface area contributed by atoms with E-state index in [-0.39, 0.29) is 0 Å². The Morgan fingerprint density at radius 1 is 0.344 bits per heavy atom. The lowest BCUT2D eigenvalue weighted by Crippen LogP contribution is -2.69. The van der Waals surface area contributed by atoms with Crippen molar-refractivity contribution >= 4 is 0 Å². The summed E-state index contributed by atoms with van der Waals surface area (Å²) in [4.78, 5) is 0. The van der Waals surface area contributed by atoms with Gasteiger partial charge in [0.25, 0.3) is 0 Å². The Kier molecular flexibility index (Phi) is 18.0. The van der Waals surface area contributed by atoms with E-state index >= 15 is 0 Å². The molecule has 0 saturated carbocycles. The Hall–Kier alpha value is -1.16. The number of ether oxygens (including phenoxy) is 11. The van der Waals surface area contributed by atoms with E-state index in [2.05, 4.69) is 0 Å². The summed E-state index contributed by atoms with van der Waals surface area (Å²) in [6.07, 6.45) is -54.8. The Balaban J connectivity index is 1.31. The summed E-state index contributed by atoms with van der Waals surface area (Å²) in [6, 6.07) is 0. The topological polar surface area (TPSA) is 466 Å². The van der Waals surface area contributed by atoms with E-state index in [1.807, 2.05) is 0 Å². The minimum absolute atomic E-state index is 0.566. The van der Waals surface area contributed by atoms with Gasteiger partial charge in [0.1, 0.15) is 134 Å². The average molecular weight is 945 g/mol. The highest BCUT2D eigenvalue weighted by atomic mass is 16.8. The fraction of sp³-hybridized carbons (Fsp3) is 1.00. The maximum absolute atomic E-state index is 11.6. The monoisotopic (exact) mass is 944 g/mol. The van der Waals surface area contributed by atoms with Crippen LogP contribution in [0.15, 0.2) is 0 Å². The van der Waals surface area contributed by atoms with E-state index in [1.54, 1.807) is 0 Å². The van der Waals surface area contributed by atoms with Crippen molar-refractivity contribution in [1.29, 1.82) is 0 Å². The maximum atomic E-state index is 11.6. The molecule has 6 saturated heterocycles. The van der Waals surface area contributed by atoms with Gasteiger partial charge in [0.15, 0.2) is 37.7 Å². The minimum atomic E-state index is -2.24. The van der Waals surface area contributed by atoms with Gasteiger partial charge in [-0.15, -0.1) is 0 Å². The minimum Gasteiger partial charge on any atom is -0.394 e. The molecular formula is C35H60O29. The first-order valence-electron chi connectivity index (χ1n) is 20.4. The van der Waals surface area contributed by atoms with Crippen LogP contribution < -0.4 is 0 Å². The molecule has 0 amide bonds. The lowest BCUT2D eigenvalue weighted by molar-refractivity contribution is -0.412. The largest absolute Gasteiger partial charge is 0.394 e. The summed E-state index contributed by atoms with van der Waals surface area (Å²) in [5, 5.41) is 191. The maximum Gasteiger partial charge on any atom is 0.187 e. The number of hydrogen-bond acceptors (Lipinski definition) is 29. The van der Waals surface area contributed by atoms with Crippen molar-refractivity contribution in [1.82, 2.24) is 0 Å². The summed E-state index contributed by atoms with van der Waals surface area (Å²) in [5.41, 5.74) is 0. The van der Waals surface area contributed by atoms with Crippen molar-refractivity contribution in [3.8, 4) is 0 Å². The standard InChI is InChI=1S/C35H60O29/c1-7-13(41)17(45)22(50)32(55-7)60-26-12(5-39)59-33(23(51)19(26)47)64-29-28(16(44)10(3-37)58-35(29)61-25-11(4-38)56-30(53)20(48)18(25)46)63-34-24(52)27(15(43)9(2-36)57-34)62-31-21(49)14(42)8(40)6-54-31/h7-53H,2-6H2,1H3/t7-,8+,9+,10+,11+,12+,13-,14-,15+,16+,17+,18+,19+,20+,21+,22+,23+,24+,25-,26+,27-,28-,29+,30+,31-,32-,33-,34-,35-/m0/s1. The van der Waals surface area contributed by atoms with Gasteiger partial charge < -0.3 is 144 Å². The highest BCUT2D eigenvalue weighted by molar-refractivity contribution is 5.00. The van der Waals surface area contributed by atoms with Gasteiger partial charge in [0.05, 0.1) is 39.1 Å². The van der Waals surface area contributed by atoms with Gasteiger partial charge in [-0.25, -0.2) is 0 Å².